The minimum absolute atomic E-state index is 0.0344. The lowest BCUT2D eigenvalue weighted by Gasteiger charge is -2.31. The van der Waals surface area contributed by atoms with Crippen molar-refractivity contribution >= 4 is 0 Å². The predicted octanol–water partition coefficient (Wildman–Crippen LogP) is 4.39. The van der Waals surface area contributed by atoms with Gasteiger partial charge < -0.3 is 5.11 Å². The fourth-order valence-electron chi connectivity index (χ4n) is 3.05. The average molecular weight is 226 g/mol. The summed E-state index contributed by atoms with van der Waals surface area (Å²) in [7, 11) is 0. The molecular formula is C15H30O. The second-order valence-electron chi connectivity index (χ2n) is 6.04. The molecule has 1 rings (SSSR count). The number of aliphatic hydroxyl groups is 1. The topological polar surface area (TPSA) is 20.2 Å². The molecule has 1 N–H and O–H groups in total. The van der Waals surface area contributed by atoms with Crippen molar-refractivity contribution in [3.8, 4) is 0 Å². The van der Waals surface area contributed by atoms with Gasteiger partial charge in [0, 0.05) is 0 Å². The van der Waals surface area contributed by atoms with E-state index in [9.17, 15) is 5.11 Å². The molecule has 1 fully saturated rings. The van der Waals surface area contributed by atoms with Gasteiger partial charge in [0.1, 0.15) is 0 Å². The monoisotopic (exact) mass is 226 g/mol. The van der Waals surface area contributed by atoms with Gasteiger partial charge in [-0.25, -0.2) is 0 Å². The maximum Gasteiger partial charge on any atom is 0.0540 e. The molecule has 1 aliphatic rings. The van der Waals surface area contributed by atoms with Gasteiger partial charge in [-0.3, -0.25) is 0 Å². The van der Waals surface area contributed by atoms with Crippen LogP contribution in [0.3, 0.4) is 0 Å². The van der Waals surface area contributed by atoms with E-state index in [4.69, 9.17) is 0 Å². The van der Waals surface area contributed by atoms with E-state index in [1.807, 2.05) is 0 Å². The molecule has 0 amide bonds. The van der Waals surface area contributed by atoms with Crippen molar-refractivity contribution in [2.24, 2.45) is 17.8 Å². The van der Waals surface area contributed by atoms with E-state index >= 15 is 0 Å². The highest BCUT2D eigenvalue weighted by Gasteiger charge is 2.23. The van der Waals surface area contributed by atoms with Crippen LogP contribution in [0.4, 0.5) is 0 Å². The van der Waals surface area contributed by atoms with Gasteiger partial charge in [0.15, 0.2) is 0 Å². The van der Waals surface area contributed by atoms with Gasteiger partial charge >= 0.3 is 0 Å². The van der Waals surface area contributed by atoms with Gasteiger partial charge in [0.05, 0.1) is 6.10 Å². The normalized spacial score (nSPS) is 28.3. The van der Waals surface area contributed by atoms with E-state index in [1.165, 1.54) is 32.1 Å². The lowest BCUT2D eigenvalue weighted by atomic mass is 9.75. The van der Waals surface area contributed by atoms with Crippen molar-refractivity contribution < 1.29 is 5.11 Å². The third-order valence-corrected chi connectivity index (χ3v) is 4.36. The first-order valence-corrected chi connectivity index (χ1v) is 7.31. The summed E-state index contributed by atoms with van der Waals surface area (Å²) in [6, 6.07) is 0. The molecule has 16 heavy (non-hydrogen) atoms. The van der Waals surface area contributed by atoms with Gasteiger partial charge in [-0.1, -0.05) is 40.0 Å². The van der Waals surface area contributed by atoms with E-state index < -0.39 is 0 Å². The Balaban J connectivity index is 2.12. The van der Waals surface area contributed by atoms with Gasteiger partial charge in [0.25, 0.3) is 0 Å². The molecule has 96 valence electrons. The van der Waals surface area contributed by atoms with Crippen molar-refractivity contribution in [2.45, 2.75) is 78.2 Å². The smallest absolute Gasteiger partial charge is 0.0540 e. The molecule has 0 saturated heterocycles. The van der Waals surface area contributed by atoms with Crippen LogP contribution in [0.2, 0.25) is 0 Å². The number of aliphatic hydroxyl groups excluding tert-OH is 1. The van der Waals surface area contributed by atoms with E-state index in [0.717, 1.165) is 37.0 Å². The van der Waals surface area contributed by atoms with E-state index in [-0.39, 0.29) is 6.10 Å². The average Bonchev–Trinajstić information content (AvgIpc) is 2.27. The highest BCUT2D eigenvalue weighted by molar-refractivity contribution is 4.75. The Morgan fingerprint density at radius 1 is 1.06 bits per heavy atom. The highest BCUT2D eigenvalue weighted by atomic mass is 16.3. The molecule has 1 saturated carbocycles. The Morgan fingerprint density at radius 2 is 1.69 bits per heavy atom. The molecule has 0 aromatic heterocycles. The lowest BCUT2D eigenvalue weighted by molar-refractivity contribution is 0.132. The molecule has 0 aromatic carbocycles. The highest BCUT2D eigenvalue weighted by Crippen LogP contribution is 2.35. The summed E-state index contributed by atoms with van der Waals surface area (Å²) < 4.78 is 0. The zero-order valence-corrected chi connectivity index (χ0v) is 11.4. The standard InChI is InChI=1S/C15H30O/c1-4-5-15(16)11-8-13-6-9-14(10-7-13)12(2)3/h12-16H,4-11H2,1-3H3. The van der Waals surface area contributed by atoms with E-state index in [0.29, 0.717) is 0 Å². The molecular weight excluding hydrogens is 196 g/mol. The number of hydrogen-bond acceptors (Lipinski definition) is 1. The number of rotatable bonds is 6. The summed E-state index contributed by atoms with van der Waals surface area (Å²) in [6.07, 6.45) is 10.0. The third kappa shape index (κ3) is 4.86. The maximum atomic E-state index is 9.72. The quantitative estimate of drug-likeness (QED) is 0.712. The summed E-state index contributed by atoms with van der Waals surface area (Å²) in [6.45, 7) is 6.86. The minimum Gasteiger partial charge on any atom is -0.393 e. The molecule has 0 spiro atoms. The zero-order chi connectivity index (χ0) is 12.0. The zero-order valence-electron chi connectivity index (χ0n) is 11.4. The van der Waals surface area contributed by atoms with Crippen LogP contribution < -0.4 is 0 Å². The first-order chi connectivity index (χ1) is 7.63. The molecule has 1 atom stereocenters. The fourth-order valence-corrected chi connectivity index (χ4v) is 3.05. The van der Waals surface area contributed by atoms with Crippen LogP contribution in [-0.2, 0) is 0 Å². The van der Waals surface area contributed by atoms with E-state index in [2.05, 4.69) is 20.8 Å². The first-order valence-electron chi connectivity index (χ1n) is 7.31. The largest absolute Gasteiger partial charge is 0.393 e. The molecule has 1 heteroatoms. The lowest BCUT2D eigenvalue weighted by Crippen LogP contribution is -2.19. The molecule has 0 bridgehead atoms. The predicted molar refractivity (Wildman–Crippen MR) is 70.4 cm³/mol. The van der Waals surface area contributed by atoms with Gasteiger partial charge in [0.2, 0.25) is 0 Å². The van der Waals surface area contributed by atoms with Crippen LogP contribution in [0.5, 0.6) is 0 Å². The Morgan fingerprint density at radius 3 is 2.19 bits per heavy atom. The van der Waals surface area contributed by atoms with Gasteiger partial charge in [-0.2, -0.15) is 0 Å². The molecule has 1 aliphatic carbocycles. The van der Waals surface area contributed by atoms with Crippen molar-refractivity contribution in [2.75, 3.05) is 0 Å². The Kier molecular flexibility index (Phi) is 6.41. The molecule has 1 unspecified atom stereocenters. The molecule has 0 aromatic rings. The summed E-state index contributed by atoms with van der Waals surface area (Å²) in [5, 5.41) is 9.72. The SMILES string of the molecule is CCCC(O)CCC1CCC(C(C)C)CC1. The minimum atomic E-state index is -0.0344. The van der Waals surface area contributed by atoms with Crippen LogP contribution >= 0.6 is 0 Å². The van der Waals surface area contributed by atoms with Crippen molar-refractivity contribution in [1.29, 1.82) is 0 Å². The summed E-state index contributed by atoms with van der Waals surface area (Å²) in [5.41, 5.74) is 0. The van der Waals surface area contributed by atoms with Gasteiger partial charge in [-0.15, -0.1) is 0 Å². The third-order valence-electron chi connectivity index (χ3n) is 4.36. The maximum absolute atomic E-state index is 9.72. The molecule has 1 nitrogen and oxygen atoms in total. The van der Waals surface area contributed by atoms with Gasteiger partial charge in [-0.05, 0) is 49.9 Å². The van der Waals surface area contributed by atoms with Crippen LogP contribution in [-0.4, -0.2) is 11.2 Å². The Labute approximate surface area is 102 Å². The summed E-state index contributed by atoms with van der Waals surface area (Å²) in [5.74, 6) is 2.74. The Hall–Kier alpha value is -0.0400. The van der Waals surface area contributed by atoms with Crippen molar-refractivity contribution in [3.05, 3.63) is 0 Å². The van der Waals surface area contributed by atoms with Crippen LogP contribution in [0.15, 0.2) is 0 Å². The van der Waals surface area contributed by atoms with Crippen LogP contribution in [0, 0.1) is 17.8 Å². The van der Waals surface area contributed by atoms with Crippen LogP contribution in [0.25, 0.3) is 0 Å². The van der Waals surface area contributed by atoms with E-state index in [1.54, 1.807) is 0 Å². The van der Waals surface area contributed by atoms with Crippen molar-refractivity contribution in [1.82, 2.24) is 0 Å². The second kappa shape index (κ2) is 7.32. The van der Waals surface area contributed by atoms with Crippen LogP contribution in [0.1, 0.15) is 72.1 Å². The Bertz CT molecular complexity index is 168. The number of hydrogen-bond donors (Lipinski definition) is 1. The fraction of sp³-hybridized carbons (Fsp3) is 1.00. The summed E-state index contributed by atoms with van der Waals surface area (Å²) in [4.78, 5) is 0. The molecule has 0 heterocycles. The van der Waals surface area contributed by atoms with Crippen molar-refractivity contribution in [3.63, 3.8) is 0 Å². The first kappa shape index (κ1) is 14.0. The molecule has 0 radical (unpaired) electrons. The molecule has 0 aliphatic heterocycles. The summed E-state index contributed by atoms with van der Waals surface area (Å²) >= 11 is 0. The second-order valence-corrected chi connectivity index (χ2v) is 6.04.